The lowest BCUT2D eigenvalue weighted by atomic mass is 9.71. The highest BCUT2D eigenvalue weighted by atomic mass is 16.5. The summed E-state index contributed by atoms with van der Waals surface area (Å²) in [6.07, 6.45) is 5.21. The Balaban J connectivity index is 2.26. The van der Waals surface area contributed by atoms with Gasteiger partial charge in [0.25, 0.3) is 0 Å². The first-order valence-electron chi connectivity index (χ1n) is 7.52. The normalized spacial score (nSPS) is 27.4. The standard InChI is InChI=1S/C14H25N3O3/c1-2-11-10-20-9-8-17(11)13(18)14(12(15)16-19)6-4-3-5-7-14/h11,19H,2-10H2,1H3,(H2,15,16). The van der Waals surface area contributed by atoms with Crippen LogP contribution in [0, 0.1) is 5.41 Å². The van der Waals surface area contributed by atoms with E-state index in [2.05, 4.69) is 12.1 Å². The number of morpholine rings is 1. The van der Waals surface area contributed by atoms with Crippen LogP contribution in [-0.4, -0.2) is 47.7 Å². The van der Waals surface area contributed by atoms with Crippen molar-refractivity contribution in [2.45, 2.75) is 51.5 Å². The van der Waals surface area contributed by atoms with E-state index in [0.29, 0.717) is 32.6 Å². The average molecular weight is 283 g/mol. The van der Waals surface area contributed by atoms with Crippen LogP contribution in [0.5, 0.6) is 0 Å². The predicted octanol–water partition coefficient (Wildman–Crippen LogP) is 1.32. The number of hydrogen-bond donors (Lipinski definition) is 2. The van der Waals surface area contributed by atoms with E-state index in [1.165, 1.54) is 0 Å². The van der Waals surface area contributed by atoms with Gasteiger partial charge in [0.2, 0.25) is 5.91 Å². The molecule has 1 saturated carbocycles. The number of carbonyl (C=O) groups is 1. The van der Waals surface area contributed by atoms with Gasteiger partial charge in [-0.25, -0.2) is 0 Å². The molecule has 0 aromatic carbocycles. The van der Waals surface area contributed by atoms with Gasteiger partial charge in [0, 0.05) is 6.54 Å². The van der Waals surface area contributed by atoms with Crippen molar-refractivity contribution in [1.82, 2.24) is 4.90 Å². The number of ether oxygens (including phenoxy) is 1. The summed E-state index contributed by atoms with van der Waals surface area (Å²) >= 11 is 0. The third-order valence-electron chi connectivity index (χ3n) is 4.67. The number of oxime groups is 1. The molecule has 3 N–H and O–H groups in total. The highest BCUT2D eigenvalue weighted by molar-refractivity contribution is 6.07. The lowest BCUT2D eigenvalue weighted by Crippen LogP contribution is -2.58. The maximum absolute atomic E-state index is 13.0. The summed E-state index contributed by atoms with van der Waals surface area (Å²) in [5.74, 6) is 0.0891. The monoisotopic (exact) mass is 283 g/mol. The third kappa shape index (κ3) is 2.61. The van der Waals surface area contributed by atoms with E-state index in [0.717, 1.165) is 25.7 Å². The van der Waals surface area contributed by atoms with E-state index < -0.39 is 5.41 Å². The van der Waals surface area contributed by atoms with Crippen LogP contribution >= 0.6 is 0 Å². The molecule has 1 aliphatic carbocycles. The Labute approximate surface area is 119 Å². The lowest BCUT2D eigenvalue weighted by Gasteiger charge is -2.43. The van der Waals surface area contributed by atoms with E-state index in [1.807, 2.05) is 4.90 Å². The van der Waals surface area contributed by atoms with Gasteiger partial charge in [-0.2, -0.15) is 0 Å². The van der Waals surface area contributed by atoms with E-state index in [4.69, 9.17) is 15.7 Å². The number of amides is 1. The summed E-state index contributed by atoms with van der Waals surface area (Å²) in [4.78, 5) is 14.9. The summed E-state index contributed by atoms with van der Waals surface area (Å²) in [7, 11) is 0. The molecule has 20 heavy (non-hydrogen) atoms. The first-order chi connectivity index (χ1) is 9.65. The molecule has 2 rings (SSSR count). The Morgan fingerprint density at radius 3 is 2.75 bits per heavy atom. The molecule has 0 radical (unpaired) electrons. The molecule has 1 atom stereocenters. The van der Waals surface area contributed by atoms with Crippen molar-refractivity contribution in [3.63, 3.8) is 0 Å². The predicted molar refractivity (Wildman–Crippen MR) is 75.5 cm³/mol. The average Bonchev–Trinajstić information content (AvgIpc) is 2.53. The van der Waals surface area contributed by atoms with Crippen LogP contribution in [0.3, 0.4) is 0 Å². The highest BCUT2D eigenvalue weighted by Crippen LogP contribution is 2.39. The minimum Gasteiger partial charge on any atom is -0.409 e. The zero-order chi connectivity index (χ0) is 14.6. The van der Waals surface area contributed by atoms with Gasteiger partial charge in [0.05, 0.1) is 19.3 Å². The molecule has 6 heteroatoms. The van der Waals surface area contributed by atoms with Crippen molar-refractivity contribution in [2.75, 3.05) is 19.8 Å². The SMILES string of the molecule is CCC1COCCN1C(=O)C1(C(N)=NO)CCCCC1. The molecule has 2 fully saturated rings. The van der Waals surface area contributed by atoms with Crippen molar-refractivity contribution >= 4 is 11.7 Å². The second kappa shape index (κ2) is 6.43. The molecular formula is C14H25N3O3. The van der Waals surface area contributed by atoms with Crippen molar-refractivity contribution in [3.8, 4) is 0 Å². The first kappa shape index (κ1) is 15.1. The van der Waals surface area contributed by atoms with Gasteiger partial charge in [-0.05, 0) is 19.3 Å². The minimum atomic E-state index is -0.808. The van der Waals surface area contributed by atoms with Crippen molar-refractivity contribution in [2.24, 2.45) is 16.3 Å². The molecule has 0 bridgehead atoms. The maximum atomic E-state index is 13.0. The van der Waals surface area contributed by atoms with Crippen LogP contribution in [0.2, 0.25) is 0 Å². The third-order valence-corrected chi connectivity index (χ3v) is 4.67. The van der Waals surface area contributed by atoms with Crippen LogP contribution in [0.1, 0.15) is 45.4 Å². The van der Waals surface area contributed by atoms with Crippen molar-refractivity contribution in [1.29, 1.82) is 0 Å². The summed E-state index contributed by atoms with van der Waals surface area (Å²) in [5.41, 5.74) is 5.09. The Hall–Kier alpha value is -1.30. The van der Waals surface area contributed by atoms with E-state index in [-0.39, 0.29) is 17.8 Å². The molecule has 1 heterocycles. The highest BCUT2D eigenvalue weighted by Gasteiger charge is 2.47. The molecule has 1 amide bonds. The zero-order valence-corrected chi connectivity index (χ0v) is 12.2. The smallest absolute Gasteiger partial charge is 0.236 e. The molecule has 0 aromatic heterocycles. The zero-order valence-electron chi connectivity index (χ0n) is 12.2. The van der Waals surface area contributed by atoms with E-state index in [9.17, 15) is 4.79 Å². The molecule has 0 aromatic rings. The lowest BCUT2D eigenvalue weighted by molar-refractivity contribution is -0.149. The molecule has 1 aliphatic heterocycles. The van der Waals surface area contributed by atoms with E-state index >= 15 is 0 Å². The Morgan fingerprint density at radius 2 is 2.15 bits per heavy atom. The summed E-state index contributed by atoms with van der Waals surface area (Å²) in [6.45, 7) is 3.79. The fraction of sp³-hybridized carbons (Fsp3) is 0.857. The van der Waals surface area contributed by atoms with Gasteiger partial charge in [0.1, 0.15) is 5.41 Å². The molecular weight excluding hydrogens is 258 g/mol. The quantitative estimate of drug-likeness (QED) is 0.354. The maximum Gasteiger partial charge on any atom is 0.236 e. The molecule has 0 spiro atoms. The molecule has 2 aliphatic rings. The van der Waals surface area contributed by atoms with Gasteiger partial charge in [-0.1, -0.05) is 31.3 Å². The number of nitrogens with zero attached hydrogens (tertiary/aromatic N) is 2. The second-order valence-electron chi connectivity index (χ2n) is 5.76. The van der Waals surface area contributed by atoms with Gasteiger partial charge >= 0.3 is 0 Å². The molecule has 1 saturated heterocycles. The van der Waals surface area contributed by atoms with E-state index in [1.54, 1.807) is 0 Å². The van der Waals surface area contributed by atoms with Crippen LogP contribution < -0.4 is 5.73 Å². The van der Waals surface area contributed by atoms with Crippen LogP contribution in [0.15, 0.2) is 5.16 Å². The minimum absolute atomic E-state index is 0.0163. The van der Waals surface area contributed by atoms with Gasteiger partial charge in [-0.15, -0.1) is 0 Å². The first-order valence-corrected chi connectivity index (χ1v) is 7.52. The fourth-order valence-electron chi connectivity index (χ4n) is 3.37. The number of nitrogens with two attached hydrogens (primary N) is 1. The van der Waals surface area contributed by atoms with Crippen LogP contribution in [0.25, 0.3) is 0 Å². The van der Waals surface area contributed by atoms with Crippen LogP contribution in [0.4, 0.5) is 0 Å². The number of hydrogen-bond acceptors (Lipinski definition) is 4. The van der Waals surface area contributed by atoms with Gasteiger partial charge in [0.15, 0.2) is 5.84 Å². The number of amidine groups is 1. The largest absolute Gasteiger partial charge is 0.409 e. The molecule has 6 nitrogen and oxygen atoms in total. The fourth-order valence-corrected chi connectivity index (χ4v) is 3.37. The topological polar surface area (TPSA) is 88.2 Å². The number of rotatable bonds is 3. The van der Waals surface area contributed by atoms with Crippen molar-refractivity contribution in [3.05, 3.63) is 0 Å². The Bertz CT molecular complexity index is 378. The summed E-state index contributed by atoms with van der Waals surface area (Å²) < 4.78 is 5.46. The van der Waals surface area contributed by atoms with Gasteiger partial charge < -0.3 is 20.6 Å². The van der Waals surface area contributed by atoms with Crippen molar-refractivity contribution < 1.29 is 14.7 Å². The number of carbonyl (C=O) groups excluding carboxylic acids is 1. The second-order valence-corrected chi connectivity index (χ2v) is 5.76. The summed E-state index contributed by atoms with van der Waals surface area (Å²) in [6, 6.07) is 0.0987. The molecule has 1 unspecified atom stereocenters. The molecule has 114 valence electrons. The van der Waals surface area contributed by atoms with Crippen LogP contribution in [-0.2, 0) is 9.53 Å². The van der Waals surface area contributed by atoms with Gasteiger partial charge in [-0.3, -0.25) is 4.79 Å². The summed E-state index contributed by atoms with van der Waals surface area (Å²) in [5, 5.41) is 12.3. The Kier molecular flexibility index (Phi) is 4.86. The Morgan fingerprint density at radius 1 is 1.45 bits per heavy atom.